The molecule has 0 heterocycles. The molecule has 268 valence electrons. The molecule has 0 radical (unpaired) electrons. The van der Waals surface area contributed by atoms with Gasteiger partial charge in [0.25, 0.3) is 0 Å². The van der Waals surface area contributed by atoms with Gasteiger partial charge in [0.2, 0.25) is 0 Å². The van der Waals surface area contributed by atoms with Gasteiger partial charge in [-0.05, 0) is 22.3 Å². The Balaban J connectivity index is 1.02. The Morgan fingerprint density at radius 1 is 0.583 bits per heavy atom. The van der Waals surface area contributed by atoms with Crippen LogP contribution in [0.4, 0.5) is 4.79 Å². The molecular formula is C36H53NO11. The third kappa shape index (κ3) is 15.9. The van der Waals surface area contributed by atoms with Crippen molar-refractivity contribution < 1.29 is 52.2 Å². The van der Waals surface area contributed by atoms with Gasteiger partial charge in [0, 0.05) is 19.5 Å². The highest BCUT2D eigenvalue weighted by Crippen LogP contribution is 2.44. The maximum absolute atomic E-state index is 12.6. The summed E-state index contributed by atoms with van der Waals surface area (Å²) in [4.78, 5) is 14.1. The van der Waals surface area contributed by atoms with Crippen molar-refractivity contribution in [3.05, 3.63) is 72.5 Å². The minimum Gasteiger partial charge on any atom is -0.499 e. The first-order valence-electron chi connectivity index (χ1n) is 16.6. The third-order valence-corrected chi connectivity index (χ3v) is 7.29. The van der Waals surface area contributed by atoms with E-state index in [1.54, 1.807) is 7.05 Å². The smallest absolute Gasteiger partial charge is 0.409 e. The van der Waals surface area contributed by atoms with Gasteiger partial charge in [0.1, 0.15) is 13.2 Å². The molecule has 1 aliphatic carbocycles. The molecule has 0 N–H and O–H groups in total. The normalized spacial score (nSPS) is 12.1. The number of ether oxygens (including phenoxy) is 10. The number of fused-ring (bicyclic) bond motifs is 3. The SMILES string of the molecule is C=COCCOCCOCCOCCOCCOCCOCCOCCOCCN(C)C(=O)OCC1c2ccccc2-c2ccccc21. The van der Waals surface area contributed by atoms with E-state index in [4.69, 9.17) is 47.4 Å². The van der Waals surface area contributed by atoms with Crippen LogP contribution in [0, 0.1) is 0 Å². The highest BCUT2D eigenvalue weighted by atomic mass is 16.6. The summed E-state index contributed by atoms with van der Waals surface area (Å²) in [5.74, 6) is 0.0412. The van der Waals surface area contributed by atoms with Crippen LogP contribution in [0.1, 0.15) is 17.0 Å². The van der Waals surface area contributed by atoms with E-state index in [1.807, 2.05) is 24.3 Å². The predicted octanol–water partition coefficient (Wildman–Crippen LogP) is 4.16. The highest BCUT2D eigenvalue weighted by molar-refractivity contribution is 5.79. The average Bonchev–Trinajstić information content (AvgIpc) is 3.43. The summed E-state index contributed by atoms with van der Waals surface area (Å²) < 4.78 is 54.4. The van der Waals surface area contributed by atoms with Crippen LogP contribution >= 0.6 is 0 Å². The van der Waals surface area contributed by atoms with Crippen molar-refractivity contribution >= 4 is 6.09 Å². The van der Waals surface area contributed by atoms with Crippen molar-refractivity contribution in [2.24, 2.45) is 0 Å². The van der Waals surface area contributed by atoms with Crippen LogP contribution in [-0.2, 0) is 47.4 Å². The molecule has 1 aliphatic rings. The molecule has 0 bridgehead atoms. The molecule has 12 heteroatoms. The largest absolute Gasteiger partial charge is 0.499 e. The van der Waals surface area contributed by atoms with E-state index in [0.717, 1.165) is 0 Å². The van der Waals surface area contributed by atoms with Gasteiger partial charge in [-0.3, -0.25) is 0 Å². The number of amides is 1. The molecule has 48 heavy (non-hydrogen) atoms. The van der Waals surface area contributed by atoms with Gasteiger partial charge in [-0.15, -0.1) is 0 Å². The van der Waals surface area contributed by atoms with E-state index in [2.05, 4.69) is 30.8 Å². The van der Waals surface area contributed by atoms with Crippen molar-refractivity contribution in [1.29, 1.82) is 0 Å². The Hall–Kier alpha value is -3.07. The number of rotatable bonds is 30. The third-order valence-electron chi connectivity index (χ3n) is 7.29. The summed E-state index contributed by atoms with van der Waals surface area (Å²) in [5.41, 5.74) is 4.80. The fourth-order valence-corrected chi connectivity index (χ4v) is 4.83. The number of carbonyl (C=O) groups excluding carboxylic acids is 1. The van der Waals surface area contributed by atoms with Crippen molar-refractivity contribution in [3.8, 4) is 11.1 Å². The van der Waals surface area contributed by atoms with E-state index in [9.17, 15) is 4.79 Å². The zero-order chi connectivity index (χ0) is 33.9. The van der Waals surface area contributed by atoms with Crippen LogP contribution in [0.15, 0.2) is 61.4 Å². The Bertz CT molecular complexity index is 1090. The van der Waals surface area contributed by atoms with E-state index in [-0.39, 0.29) is 12.0 Å². The monoisotopic (exact) mass is 675 g/mol. The first-order valence-corrected chi connectivity index (χ1v) is 16.6. The van der Waals surface area contributed by atoms with Gasteiger partial charge in [-0.2, -0.15) is 0 Å². The summed E-state index contributed by atoms with van der Waals surface area (Å²) in [6.45, 7) is 12.5. The van der Waals surface area contributed by atoms with E-state index < -0.39 is 0 Å². The van der Waals surface area contributed by atoms with Gasteiger partial charge in [-0.25, -0.2) is 4.79 Å². The van der Waals surface area contributed by atoms with Gasteiger partial charge in [0.15, 0.2) is 0 Å². The number of hydrogen-bond acceptors (Lipinski definition) is 11. The average molecular weight is 676 g/mol. The van der Waals surface area contributed by atoms with Crippen molar-refractivity contribution in [1.82, 2.24) is 4.90 Å². The Morgan fingerprint density at radius 3 is 1.33 bits per heavy atom. The lowest BCUT2D eigenvalue weighted by Gasteiger charge is -2.19. The van der Waals surface area contributed by atoms with Crippen LogP contribution in [0.2, 0.25) is 0 Å². The Kier molecular flexibility index (Phi) is 21.2. The van der Waals surface area contributed by atoms with Crippen molar-refractivity contribution in [2.75, 3.05) is 133 Å². The molecule has 2 aromatic rings. The van der Waals surface area contributed by atoms with E-state index in [1.165, 1.54) is 33.4 Å². The summed E-state index contributed by atoms with van der Waals surface area (Å²) in [7, 11) is 1.71. The molecule has 0 aromatic heterocycles. The number of benzene rings is 2. The molecule has 12 nitrogen and oxygen atoms in total. The molecule has 3 rings (SSSR count). The van der Waals surface area contributed by atoms with Gasteiger partial charge < -0.3 is 52.3 Å². The molecule has 0 spiro atoms. The van der Waals surface area contributed by atoms with Crippen LogP contribution in [-0.4, -0.2) is 144 Å². The second kappa shape index (κ2) is 25.9. The zero-order valence-corrected chi connectivity index (χ0v) is 28.4. The minimum atomic E-state index is -0.363. The van der Waals surface area contributed by atoms with Crippen molar-refractivity contribution in [3.63, 3.8) is 0 Å². The second-order valence-electron chi connectivity index (χ2n) is 10.7. The molecular weight excluding hydrogens is 622 g/mol. The van der Waals surface area contributed by atoms with Gasteiger partial charge >= 0.3 is 6.09 Å². The minimum absolute atomic E-state index is 0.0412. The number of nitrogens with zero attached hydrogens (tertiary/aromatic N) is 1. The molecule has 0 unspecified atom stereocenters. The van der Waals surface area contributed by atoms with Crippen LogP contribution in [0.3, 0.4) is 0 Å². The number of hydrogen-bond donors (Lipinski definition) is 0. The Morgan fingerprint density at radius 2 is 0.938 bits per heavy atom. The Labute approximate surface area is 285 Å². The molecule has 0 saturated heterocycles. The van der Waals surface area contributed by atoms with Crippen LogP contribution in [0.5, 0.6) is 0 Å². The van der Waals surface area contributed by atoms with Crippen LogP contribution in [0.25, 0.3) is 11.1 Å². The number of likely N-dealkylation sites (N-methyl/N-ethyl adjacent to an activating group) is 1. The molecule has 0 aliphatic heterocycles. The van der Waals surface area contributed by atoms with Gasteiger partial charge in [-0.1, -0.05) is 55.1 Å². The maximum Gasteiger partial charge on any atom is 0.409 e. The zero-order valence-electron chi connectivity index (χ0n) is 28.4. The summed E-state index contributed by atoms with van der Waals surface area (Å²) >= 11 is 0. The lowest BCUT2D eigenvalue weighted by Crippen LogP contribution is -2.32. The topological polar surface area (TPSA) is 113 Å². The standard InChI is InChI=1S/C36H53NO11/c1-3-39-14-15-41-18-19-43-22-23-45-26-27-47-29-28-46-25-24-44-21-20-42-17-16-40-13-12-37(2)36(38)48-30-35-33-10-6-4-8-31(33)32-9-5-7-11-34(32)35/h3-11,35H,1,12-30H2,2H3. The highest BCUT2D eigenvalue weighted by Gasteiger charge is 2.29. The summed E-state index contributed by atoms with van der Waals surface area (Å²) in [6.07, 6.45) is 1.03. The van der Waals surface area contributed by atoms with Crippen LogP contribution < -0.4 is 0 Å². The van der Waals surface area contributed by atoms with Gasteiger partial charge in [0.05, 0.1) is 112 Å². The molecule has 0 atom stereocenters. The second-order valence-corrected chi connectivity index (χ2v) is 10.7. The molecule has 1 amide bonds. The number of carbonyl (C=O) groups is 1. The predicted molar refractivity (Wildman–Crippen MR) is 180 cm³/mol. The van der Waals surface area contributed by atoms with E-state index in [0.29, 0.717) is 125 Å². The lowest BCUT2D eigenvalue weighted by molar-refractivity contribution is -0.0241. The first kappa shape index (κ1) is 39.4. The fourth-order valence-electron chi connectivity index (χ4n) is 4.83. The fraction of sp³-hybridized carbons (Fsp3) is 0.583. The molecule has 0 fully saturated rings. The first-order chi connectivity index (χ1) is 23.7. The van der Waals surface area contributed by atoms with E-state index >= 15 is 0 Å². The summed E-state index contributed by atoms with van der Waals surface area (Å²) in [6, 6.07) is 16.6. The lowest BCUT2D eigenvalue weighted by atomic mass is 9.98. The van der Waals surface area contributed by atoms with Crippen molar-refractivity contribution in [2.45, 2.75) is 5.92 Å². The maximum atomic E-state index is 12.6. The molecule has 2 aromatic carbocycles. The summed E-state index contributed by atoms with van der Waals surface area (Å²) in [5, 5.41) is 0. The quantitative estimate of drug-likeness (QED) is 0.0879. The molecule has 0 saturated carbocycles.